The first kappa shape index (κ1) is 13.5. The van der Waals surface area contributed by atoms with E-state index in [1.807, 2.05) is 38.1 Å². The number of benzene rings is 1. The van der Waals surface area contributed by atoms with Gasteiger partial charge in [0.1, 0.15) is 18.5 Å². The van der Waals surface area contributed by atoms with Gasteiger partial charge in [-0.25, -0.2) is 0 Å². The number of hydrogen-bond acceptors (Lipinski definition) is 2. The molecule has 1 unspecified atom stereocenters. The van der Waals surface area contributed by atoms with Gasteiger partial charge in [0.25, 0.3) is 0 Å². The van der Waals surface area contributed by atoms with Crippen molar-refractivity contribution in [3.63, 3.8) is 0 Å². The molecule has 1 fully saturated rings. The summed E-state index contributed by atoms with van der Waals surface area (Å²) in [5, 5.41) is 0. The van der Waals surface area contributed by atoms with E-state index < -0.39 is 0 Å². The van der Waals surface area contributed by atoms with Gasteiger partial charge in [0.15, 0.2) is 0 Å². The molecule has 1 aliphatic heterocycles. The van der Waals surface area contributed by atoms with Crippen LogP contribution in [0.1, 0.15) is 25.0 Å². The van der Waals surface area contributed by atoms with Crippen LogP contribution in [0.25, 0.3) is 11.8 Å². The van der Waals surface area contributed by atoms with Crippen LogP contribution in [0.2, 0.25) is 0 Å². The summed E-state index contributed by atoms with van der Waals surface area (Å²) in [7, 11) is 0. The molecule has 1 heterocycles. The molecule has 0 saturated carbocycles. The average Bonchev–Trinajstić information content (AvgIpc) is 3.22. The Morgan fingerprint density at radius 1 is 1.47 bits per heavy atom. The molecular formula is C15H20O2. The van der Waals surface area contributed by atoms with Crippen LogP contribution in [-0.2, 0) is 9.47 Å². The maximum atomic E-state index is 5.53. The van der Waals surface area contributed by atoms with Gasteiger partial charge >= 0.3 is 0 Å². The first-order valence-corrected chi connectivity index (χ1v) is 5.96. The van der Waals surface area contributed by atoms with Gasteiger partial charge in [0.2, 0.25) is 0 Å². The zero-order chi connectivity index (χ0) is 12.7. The maximum absolute atomic E-state index is 5.53. The van der Waals surface area contributed by atoms with Gasteiger partial charge in [-0.05, 0) is 5.56 Å². The fourth-order valence-electron chi connectivity index (χ4n) is 1.36. The van der Waals surface area contributed by atoms with Crippen molar-refractivity contribution in [3.8, 4) is 0 Å². The lowest BCUT2D eigenvalue weighted by molar-refractivity contribution is 0.234. The number of epoxide rings is 1. The highest BCUT2D eigenvalue weighted by Crippen LogP contribution is 2.21. The molecule has 0 aliphatic carbocycles. The fraction of sp³-hybridized carbons (Fsp3) is 0.333. The highest BCUT2D eigenvalue weighted by atomic mass is 16.6. The van der Waals surface area contributed by atoms with Crippen LogP contribution in [0.4, 0.5) is 0 Å². The Hall–Kier alpha value is -1.54. The topological polar surface area (TPSA) is 21.8 Å². The van der Waals surface area contributed by atoms with Crippen LogP contribution in [0.5, 0.6) is 0 Å². The van der Waals surface area contributed by atoms with Crippen molar-refractivity contribution in [2.75, 3.05) is 13.2 Å². The standard InChI is InChI=1S/C13H14O2.C2H6/c1-3-11-6-4-5-7-13(11)10(2)14-8-12-9-15-12;1-2/h3-7,12H,1-2,8-9H2;1-2H3. The molecule has 0 N–H and O–H groups in total. The monoisotopic (exact) mass is 232 g/mol. The summed E-state index contributed by atoms with van der Waals surface area (Å²) in [6.45, 7) is 13.1. The second kappa shape index (κ2) is 6.92. The van der Waals surface area contributed by atoms with Crippen molar-refractivity contribution in [3.05, 3.63) is 48.6 Å². The number of ether oxygens (including phenoxy) is 2. The first-order chi connectivity index (χ1) is 8.31. The summed E-state index contributed by atoms with van der Waals surface area (Å²) in [6, 6.07) is 7.90. The van der Waals surface area contributed by atoms with E-state index in [-0.39, 0.29) is 6.10 Å². The van der Waals surface area contributed by atoms with Crippen LogP contribution in [0, 0.1) is 0 Å². The van der Waals surface area contributed by atoms with Crippen LogP contribution in [0.3, 0.4) is 0 Å². The van der Waals surface area contributed by atoms with Crippen molar-refractivity contribution >= 4 is 11.8 Å². The first-order valence-electron chi connectivity index (χ1n) is 5.96. The average molecular weight is 232 g/mol. The zero-order valence-corrected chi connectivity index (χ0v) is 10.6. The summed E-state index contributed by atoms with van der Waals surface area (Å²) in [4.78, 5) is 0. The number of rotatable bonds is 5. The van der Waals surface area contributed by atoms with Crippen molar-refractivity contribution in [2.45, 2.75) is 20.0 Å². The SMILES string of the molecule is C=Cc1ccccc1C(=C)OCC1CO1.CC. The normalized spacial score (nSPS) is 16.5. The second-order valence-corrected chi connectivity index (χ2v) is 3.48. The third-order valence-corrected chi connectivity index (χ3v) is 2.33. The van der Waals surface area contributed by atoms with E-state index in [1.165, 1.54) is 0 Å². The van der Waals surface area contributed by atoms with Crippen LogP contribution < -0.4 is 0 Å². The molecule has 2 heteroatoms. The third kappa shape index (κ3) is 4.08. The van der Waals surface area contributed by atoms with E-state index in [2.05, 4.69) is 13.2 Å². The van der Waals surface area contributed by atoms with Crippen LogP contribution in [-0.4, -0.2) is 19.3 Å². The minimum atomic E-state index is 0.262. The van der Waals surface area contributed by atoms with Crippen molar-refractivity contribution in [1.82, 2.24) is 0 Å². The molecular weight excluding hydrogens is 212 g/mol. The minimum Gasteiger partial charge on any atom is -0.491 e. The van der Waals surface area contributed by atoms with E-state index >= 15 is 0 Å². The summed E-state index contributed by atoms with van der Waals surface area (Å²) in [5.41, 5.74) is 2.03. The van der Waals surface area contributed by atoms with E-state index in [0.717, 1.165) is 17.7 Å². The molecule has 92 valence electrons. The Bertz CT molecular complexity index is 378. The predicted molar refractivity (Wildman–Crippen MR) is 72.6 cm³/mol. The molecule has 1 atom stereocenters. The lowest BCUT2D eigenvalue weighted by Gasteiger charge is -2.10. The molecule has 2 rings (SSSR count). The Kier molecular flexibility index (Phi) is 5.50. The Balaban J connectivity index is 0.000000686. The molecule has 0 aromatic heterocycles. The molecule has 1 saturated heterocycles. The molecule has 1 aromatic rings. The van der Waals surface area contributed by atoms with E-state index in [0.29, 0.717) is 12.4 Å². The molecule has 1 aliphatic rings. The van der Waals surface area contributed by atoms with E-state index in [4.69, 9.17) is 9.47 Å². The van der Waals surface area contributed by atoms with E-state index in [9.17, 15) is 0 Å². The van der Waals surface area contributed by atoms with Gasteiger partial charge in [0.05, 0.1) is 6.61 Å². The van der Waals surface area contributed by atoms with Gasteiger partial charge in [-0.3, -0.25) is 0 Å². The Labute approximate surface area is 104 Å². The third-order valence-electron chi connectivity index (χ3n) is 2.33. The van der Waals surface area contributed by atoms with Crippen LogP contribution >= 0.6 is 0 Å². The van der Waals surface area contributed by atoms with Gasteiger partial charge in [-0.2, -0.15) is 0 Å². The lowest BCUT2D eigenvalue weighted by atomic mass is 10.1. The Morgan fingerprint density at radius 3 is 2.71 bits per heavy atom. The molecule has 0 amide bonds. The summed E-state index contributed by atoms with van der Waals surface area (Å²) < 4.78 is 10.6. The summed E-state index contributed by atoms with van der Waals surface area (Å²) >= 11 is 0. The van der Waals surface area contributed by atoms with E-state index in [1.54, 1.807) is 6.08 Å². The van der Waals surface area contributed by atoms with Crippen molar-refractivity contribution in [1.29, 1.82) is 0 Å². The molecule has 2 nitrogen and oxygen atoms in total. The predicted octanol–water partition coefficient (Wildman–Crippen LogP) is 3.74. The fourth-order valence-corrected chi connectivity index (χ4v) is 1.36. The van der Waals surface area contributed by atoms with Crippen LogP contribution in [0.15, 0.2) is 37.4 Å². The second-order valence-electron chi connectivity index (χ2n) is 3.48. The Morgan fingerprint density at radius 2 is 2.12 bits per heavy atom. The highest BCUT2D eigenvalue weighted by molar-refractivity contribution is 5.68. The summed E-state index contributed by atoms with van der Waals surface area (Å²) in [5.74, 6) is 0.681. The molecule has 1 aromatic carbocycles. The molecule has 0 radical (unpaired) electrons. The van der Waals surface area contributed by atoms with Gasteiger partial charge in [0, 0.05) is 5.56 Å². The number of hydrogen-bond donors (Lipinski definition) is 0. The quantitative estimate of drug-likeness (QED) is 0.570. The zero-order valence-electron chi connectivity index (χ0n) is 10.6. The van der Waals surface area contributed by atoms with Gasteiger partial charge < -0.3 is 9.47 Å². The largest absolute Gasteiger partial charge is 0.491 e. The van der Waals surface area contributed by atoms with Gasteiger partial charge in [-0.1, -0.05) is 57.3 Å². The molecule has 0 spiro atoms. The summed E-state index contributed by atoms with van der Waals surface area (Å²) in [6.07, 6.45) is 2.06. The molecule has 0 bridgehead atoms. The van der Waals surface area contributed by atoms with Crippen molar-refractivity contribution < 1.29 is 9.47 Å². The minimum absolute atomic E-state index is 0.262. The molecule has 17 heavy (non-hydrogen) atoms. The lowest BCUT2D eigenvalue weighted by Crippen LogP contribution is -2.01. The van der Waals surface area contributed by atoms with Gasteiger partial charge in [-0.15, -0.1) is 0 Å². The maximum Gasteiger partial charge on any atom is 0.120 e. The van der Waals surface area contributed by atoms with Crippen molar-refractivity contribution in [2.24, 2.45) is 0 Å². The smallest absolute Gasteiger partial charge is 0.120 e. The highest BCUT2D eigenvalue weighted by Gasteiger charge is 2.23.